The number of methoxy groups -OCH3 is 1. The van der Waals surface area contributed by atoms with Gasteiger partial charge in [-0.25, -0.2) is 15.0 Å². The molecule has 0 amide bonds. The molecule has 0 aliphatic heterocycles. The van der Waals surface area contributed by atoms with E-state index in [9.17, 15) is 0 Å². The van der Waals surface area contributed by atoms with Crippen molar-refractivity contribution in [2.45, 2.75) is 13.8 Å². The van der Waals surface area contributed by atoms with E-state index in [0.717, 1.165) is 5.69 Å². The van der Waals surface area contributed by atoms with Gasteiger partial charge in [0.1, 0.15) is 18.3 Å². The van der Waals surface area contributed by atoms with Crippen LogP contribution in [-0.4, -0.2) is 22.1 Å². The zero-order valence-electron chi connectivity index (χ0n) is 12.9. The number of aromatic nitrogens is 3. The summed E-state index contributed by atoms with van der Waals surface area (Å²) in [5, 5.41) is 0. The van der Waals surface area contributed by atoms with Crippen LogP contribution in [0.1, 0.15) is 13.8 Å². The van der Waals surface area contributed by atoms with Gasteiger partial charge in [0.05, 0.1) is 13.3 Å². The van der Waals surface area contributed by atoms with Crippen molar-refractivity contribution < 1.29 is 9.15 Å². The van der Waals surface area contributed by atoms with Gasteiger partial charge in [0, 0.05) is 11.8 Å². The third kappa shape index (κ3) is 5.62. The van der Waals surface area contributed by atoms with Crippen LogP contribution >= 0.6 is 0 Å². The summed E-state index contributed by atoms with van der Waals surface area (Å²) in [5.74, 6) is 0.948. The maximum absolute atomic E-state index is 5.36. The predicted molar refractivity (Wildman–Crippen MR) is 86.3 cm³/mol. The number of hydrogen-bond acceptors (Lipinski definition) is 6. The van der Waals surface area contributed by atoms with Crippen molar-refractivity contribution in [1.82, 2.24) is 15.0 Å². The first-order valence-corrected chi connectivity index (χ1v) is 6.86. The average molecular weight is 300 g/mol. The fourth-order valence-corrected chi connectivity index (χ4v) is 1.37. The van der Waals surface area contributed by atoms with Crippen LogP contribution < -0.4 is 10.5 Å². The molecule has 116 valence electrons. The van der Waals surface area contributed by atoms with Crippen LogP contribution in [0.25, 0.3) is 11.6 Å². The summed E-state index contributed by atoms with van der Waals surface area (Å²) in [7, 11) is 1.54. The number of nitrogens with two attached hydrogens (primary N) is 1. The van der Waals surface area contributed by atoms with Crippen molar-refractivity contribution in [3.8, 4) is 17.5 Å². The zero-order chi connectivity index (χ0) is 16.2. The third-order valence-corrected chi connectivity index (χ3v) is 2.30. The van der Waals surface area contributed by atoms with E-state index in [1.54, 1.807) is 19.4 Å². The van der Waals surface area contributed by atoms with E-state index < -0.39 is 0 Å². The smallest absolute Gasteiger partial charge is 0.245 e. The molecule has 0 radical (unpaired) electrons. The second-order valence-corrected chi connectivity index (χ2v) is 3.69. The van der Waals surface area contributed by atoms with Gasteiger partial charge in [0.2, 0.25) is 11.8 Å². The monoisotopic (exact) mass is 300 g/mol. The fraction of sp³-hybridized carbons (Fsp3) is 0.188. The molecule has 6 heteroatoms. The number of ether oxygens (including phenoxy) is 1. The summed E-state index contributed by atoms with van der Waals surface area (Å²) in [6.07, 6.45) is 4.45. The first-order valence-electron chi connectivity index (χ1n) is 6.86. The Bertz CT molecular complexity index is 628. The van der Waals surface area contributed by atoms with Gasteiger partial charge in [-0.3, -0.25) is 0 Å². The second-order valence-electron chi connectivity index (χ2n) is 3.69. The Morgan fingerprint density at radius 3 is 2.27 bits per heavy atom. The van der Waals surface area contributed by atoms with E-state index in [4.69, 9.17) is 14.9 Å². The fourth-order valence-electron chi connectivity index (χ4n) is 1.37. The molecule has 0 fully saturated rings. The Kier molecular flexibility index (Phi) is 7.74. The topological polar surface area (TPSA) is 87.1 Å². The molecule has 1 aromatic carbocycles. The van der Waals surface area contributed by atoms with Crippen LogP contribution in [0.3, 0.4) is 0 Å². The molecule has 0 saturated heterocycles. The maximum atomic E-state index is 5.36. The molecular weight excluding hydrogens is 280 g/mol. The van der Waals surface area contributed by atoms with E-state index in [1.807, 2.05) is 44.2 Å². The average Bonchev–Trinajstić information content (AvgIpc) is 3.13. The largest absolute Gasteiger partial charge is 0.481 e. The molecule has 22 heavy (non-hydrogen) atoms. The molecule has 0 saturated carbocycles. The maximum Gasteiger partial charge on any atom is 0.245 e. The molecule has 0 bridgehead atoms. The molecule has 0 unspecified atom stereocenters. The number of para-hydroxylation sites is 1. The summed E-state index contributed by atoms with van der Waals surface area (Å²) in [6, 6.07) is 11.1. The minimum Gasteiger partial charge on any atom is -0.481 e. The van der Waals surface area contributed by atoms with Crippen molar-refractivity contribution >= 4 is 5.69 Å². The molecule has 0 spiro atoms. The molecule has 6 nitrogen and oxygen atoms in total. The van der Waals surface area contributed by atoms with Crippen molar-refractivity contribution in [3.05, 3.63) is 55.2 Å². The van der Waals surface area contributed by atoms with E-state index in [1.165, 1.54) is 12.6 Å². The lowest BCUT2D eigenvalue weighted by atomic mass is 10.3. The van der Waals surface area contributed by atoms with Crippen LogP contribution in [0.2, 0.25) is 0 Å². The number of rotatable bonds is 2. The van der Waals surface area contributed by atoms with Gasteiger partial charge in [0.25, 0.3) is 0 Å². The molecule has 0 aliphatic rings. The highest BCUT2D eigenvalue weighted by Gasteiger charge is 2.05. The molecule has 0 atom stereocenters. The van der Waals surface area contributed by atoms with Gasteiger partial charge < -0.3 is 14.9 Å². The quantitative estimate of drug-likeness (QED) is 0.729. The highest BCUT2D eigenvalue weighted by molar-refractivity contribution is 5.47. The SMILES string of the molecule is CC.COc1cc(-c2ncco2)ncn1.Nc1ccccc1. The van der Waals surface area contributed by atoms with Gasteiger partial charge in [-0.15, -0.1) is 0 Å². The third-order valence-electron chi connectivity index (χ3n) is 2.30. The van der Waals surface area contributed by atoms with E-state index in [-0.39, 0.29) is 0 Å². The van der Waals surface area contributed by atoms with Crippen LogP contribution in [-0.2, 0) is 0 Å². The molecular formula is C16H20N4O2. The second kappa shape index (κ2) is 9.93. The molecule has 2 heterocycles. The summed E-state index contributed by atoms with van der Waals surface area (Å²) < 4.78 is 9.99. The lowest BCUT2D eigenvalue weighted by Gasteiger charge is -1.97. The van der Waals surface area contributed by atoms with Crippen molar-refractivity contribution in [3.63, 3.8) is 0 Å². The molecule has 2 N–H and O–H groups in total. The Labute approximate surface area is 130 Å². The number of hydrogen-bond donors (Lipinski definition) is 1. The van der Waals surface area contributed by atoms with E-state index >= 15 is 0 Å². The predicted octanol–water partition coefficient (Wildman–Crippen LogP) is 3.44. The minimum atomic E-state index is 0.459. The van der Waals surface area contributed by atoms with E-state index in [2.05, 4.69) is 15.0 Å². The number of oxazole rings is 1. The van der Waals surface area contributed by atoms with Crippen molar-refractivity contribution in [2.24, 2.45) is 0 Å². The summed E-state index contributed by atoms with van der Waals surface area (Å²) in [6.45, 7) is 4.00. The van der Waals surface area contributed by atoms with Gasteiger partial charge in [-0.1, -0.05) is 32.0 Å². The lowest BCUT2D eigenvalue weighted by molar-refractivity contribution is 0.396. The number of anilines is 1. The van der Waals surface area contributed by atoms with E-state index in [0.29, 0.717) is 17.5 Å². The molecule has 2 aromatic heterocycles. The van der Waals surface area contributed by atoms with Gasteiger partial charge >= 0.3 is 0 Å². The summed E-state index contributed by atoms with van der Waals surface area (Å²) in [4.78, 5) is 11.8. The first kappa shape index (κ1) is 17.2. The Hall–Kier alpha value is -2.89. The molecule has 3 aromatic rings. The minimum absolute atomic E-state index is 0.459. The molecule has 3 rings (SSSR count). The normalized spacial score (nSPS) is 8.86. The zero-order valence-corrected chi connectivity index (χ0v) is 12.9. The lowest BCUT2D eigenvalue weighted by Crippen LogP contribution is -1.90. The Morgan fingerprint density at radius 1 is 1.05 bits per heavy atom. The van der Waals surface area contributed by atoms with Gasteiger partial charge in [-0.2, -0.15) is 0 Å². The number of nitrogens with zero attached hydrogens (tertiary/aromatic N) is 3. The summed E-state index contributed by atoms with van der Waals surface area (Å²) in [5.41, 5.74) is 6.79. The summed E-state index contributed by atoms with van der Waals surface area (Å²) >= 11 is 0. The Balaban J connectivity index is 0.000000228. The Morgan fingerprint density at radius 2 is 1.77 bits per heavy atom. The van der Waals surface area contributed by atoms with Crippen LogP contribution in [0.5, 0.6) is 5.88 Å². The number of nitrogen functional groups attached to an aromatic ring is 1. The standard InChI is InChI=1S/C8H7N3O2.C6H7N.C2H6/c1-12-7-4-6(10-5-11-7)8-9-2-3-13-8;7-6-4-2-1-3-5-6;1-2/h2-5H,1H3;1-5H,7H2;1-2H3. The number of benzene rings is 1. The van der Waals surface area contributed by atoms with Crippen LogP contribution in [0, 0.1) is 0 Å². The van der Waals surface area contributed by atoms with Crippen molar-refractivity contribution in [2.75, 3.05) is 12.8 Å². The van der Waals surface area contributed by atoms with Crippen molar-refractivity contribution in [1.29, 1.82) is 0 Å². The first-order chi connectivity index (χ1) is 10.8. The highest BCUT2D eigenvalue weighted by atomic mass is 16.5. The van der Waals surface area contributed by atoms with Gasteiger partial charge in [-0.05, 0) is 12.1 Å². The van der Waals surface area contributed by atoms with Crippen LogP contribution in [0.15, 0.2) is 59.6 Å². The van der Waals surface area contributed by atoms with Gasteiger partial charge in [0.15, 0.2) is 0 Å². The molecule has 0 aliphatic carbocycles. The van der Waals surface area contributed by atoms with Crippen LogP contribution in [0.4, 0.5) is 5.69 Å². The highest BCUT2D eigenvalue weighted by Crippen LogP contribution is 2.16.